The van der Waals surface area contributed by atoms with Gasteiger partial charge >= 0.3 is 0 Å². The van der Waals surface area contributed by atoms with E-state index in [4.69, 9.17) is 16.3 Å². The summed E-state index contributed by atoms with van der Waals surface area (Å²) in [7, 11) is 0. The fourth-order valence-corrected chi connectivity index (χ4v) is 3.09. The van der Waals surface area contributed by atoms with Crippen LogP contribution in [0.5, 0.6) is 5.75 Å². The van der Waals surface area contributed by atoms with Gasteiger partial charge in [-0.3, -0.25) is 9.59 Å². The van der Waals surface area contributed by atoms with Crippen LogP contribution in [0.15, 0.2) is 35.3 Å². The van der Waals surface area contributed by atoms with Gasteiger partial charge in [0.25, 0.3) is 5.56 Å². The quantitative estimate of drug-likeness (QED) is 0.615. The zero-order chi connectivity index (χ0) is 21.1. The van der Waals surface area contributed by atoms with Gasteiger partial charge in [0.2, 0.25) is 0 Å². The molecule has 0 amide bonds. The number of ether oxygens (including phenoxy) is 1. The van der Waals surface area contributed by atoms with Gasteiger partial charge in [-0.25, -0.2) is 9.97 Å². The predicted octanol–water partition coefficient (Wildman–Crippen LogP) is 4.44. The first-order chi connectivity index (χ1) is 13.8. The van der Waals surface area contributed by atoms with Crippen molar-refractivity contribution in [2.45, 2.75) is 40.2 Å². The minimum Gasteiger partial charge on any atom is -0.480 e. The lowest BCUT2D eigenvalue weighted by Gasteiger charge is -2.17. The number of anilines is 2. The predicted molar refractivity (Wildman–Crippen MR) is 114 cm³/mol. The van der Waals surface area contributed by atoms with Gasteiger partial charge in [0.05, 0.1) is 11.7 Å². The molecule has 7 nitrogen and oxygen atoms in total. The molecule has 3 aromatic rings. The van der Waals surface area contributed by atoms with Crippen molar-refractivity contribution in [1.82, 2.24) is 14.5 Å². The van der Waals surface area contributed by atoms with Crippen LogP contribution in [0.4, 0.5) is 11.5 Å². The lowest BCUT2D eigenvalue weighted by atomic mass is 10.1. The lowest BCUT2D eigenvalue weighted by molar-refractivity contribution is -0.120. The van der Waals surface area contributed by atoms with Crippen molar-refractivity contribution >= 4 is 39.8 Å². The third kappa shape index (κ3) is 4.56. The van der Waals surface area contributed by atoms with Crippen molar-refractivity contribution in [2.75, 3.05) is 11.9 Å². The summed E-state index contributed by atoms with van der Waals surface area (Å²) in [4.78, 5) is 32.9. The number of benzene rings is 1. The minimum atomic E-state index is -0.258. The number of aryl methyl sites for hydroxylation is 1. The zero-order valence-corrected chi connectivity index (χ0v) is 17.6. The van der Waals surface area contributed by atoms with E-state index in [1.807, 2.05) is 32.0 Å². The largest absolute Gasteiger partial charge is 0.480 e. The van der Waals surface area contributed by atoms with Crippen LogP contribution >= 0.6 is 11.6 Å². The summed E-state index contributed by atoms with van der Waals surface area (Å²) in [5.74, 6) is 1.19. The third-order valence-electron chi connectivity index (χ3n) is 4.43. The highest BCUT2D eigenvalue weighted by Gasteiger charge is 2.15. The highest BCUT2D eigenvalue weighted by atomic mass is 35.5. The Balaban J connectivity index is 2.06. The number of ketones is 1. The molecular weight excluding hydrogens is 392 g/mol. The number of aromatic nitrogens is 3. The average molecular weight is 415 g/mol. The molecule has 0 saturated heterocycles. The number of halogens is 1. The van der Waals surface area contributed by atoms with E-state index in [-0.39, 0.29) is 29.7 Å². The number of hydrogen-bond acceptors (Lipinski definition) is 6. The topological polar surface area (TPSA) is 86.1 Å². The van der Waals surface area contributed by atoms with Crippen molar-refractivity contribution in [3.8, 4) is 5.75 Å². The first kappa shape index (κ1) is 20.8. The number of hydrogen-bond donors (Lipinski definition) is 1. The zero-order valence-electron chi connectivity index (χ0n) is 16.8. The monoisotopic (exact) mass is 414 g/mol. The Kier molecular flexibility index (Phi) is 6.17. The molecule has 2 heterocycles. The standard InChI is InChI=1S/C21H23ClN4O3/c1-5-16(27)11-29-19-9-14-8-15(25-20-17(22)10-23-13(4)24-20)6-7-18(14)26(12(2)3)21(19)28/h6-10,12H,5,11H2,1-4H3,(H,23,24,25). The number of rotatable bonds is 7. The van der Waals surface area contributed by atoms with Gasteiger partial charge in [0.1, 0.15) is 17.5 Å². The molecule has 0 saturated carbocycles. The fraction of sp³-hybridized carbons (Fsp3) is 0.333. The summed E-state index contributed by atoms with van der Waals surface area (Å²) < 4.78 is 7.20. The van der Waals surface area contributed by atoms with Gasteiger partial charge in [0, 0.05) is 23.5 Å². The Morgan fingerprint density at radius 3 is 2.76 bits per heavy atom. The van der Waals surface area contributed by atoms with E-state index in [1.165, 1.54) is 0 Å². The summed E-state index contributed by atoms with van der Waals surface area (Å²) >= 11 is 6.18. The number of pyridine rings is 1. The van der Waals surface area contributed by atoms with E-state index >= 15 is 0 Å². The minimum absolute atomic E-state index is 0.0650. The van der Waals surface area contributed by atoms with Crippen molar-refractivity contribution in [3.05, 3.63) is 51.7 Å². The van der Waals surface area contributed by atoms with Gasteiger partial charge in [-0.1, -0.05) is 18.5 Å². The number of carbonyl (C=O) groups excluding carboxylic acids is 1. The van der Waals surface area contributed by atoms with E-state index < -0.39 is 0 Å². The van der Waals surface area contributed by atoms with Crippen LogP contribution in [0.25, 0.3) is 10.9 Å². The molecule has 3 rings (SSSR count). The summed E-state index contributed by atoms with van der Waals surface area (Å²) in [6, 6.07) is 7.19. The molecule has 0 fully saturated rings. The molecule has 0 aliphatic rings. The number of Topliss-reactive ketones (excluding diaryl/α,β-unsaturated/α-hetero) is 1. The van der Waals surface area contributed by atoms with Crippen molar-refractivity contribution < 1.29 is 9.53 Å². The maximum Gasteiger partial charge on any atom is 0.293 e. The molecule has 1 aromatic carbocycles. The second-order valence-electron chi connectivity index (χ2n) is 6.97. The first-order valence-corrected chi connectivity index (χ1v) is 9.78. The van der Waals surface area contributed by atoms with Gasteiger partial charge in [-0.15, -0.1) is 0 Å². The molecule has 0 radical (unpaired) electrons. The van der Waals surface area contributed by atoms with Crippen LogP contribution in [0.2, 0.25) is 5.02 Å². The molecule has 152 valence electrons. The summed E-state index contributed by atoms with van der Waals surface area (Å²) in [5, 5.41) is 4.38. The molecule has 0 atom stereocenters. The second-order valence-corrected chi connectivity index (χ2v) is 7.38. The normalized spacial score (nSPS) is 11.1. The van der Waals surface area contributed by atoms with E-state index in [0.29, 0.717) is 23.1 Å². The molecule has 2 aromatic heterocycles. The lowest BCUT2D eigenvalue weighted by Crippen LogP contribution is -2.25. The summed E-state index contributed by atoms with van der Waals surface area (Å²) in [5.41, 5.74) is 1.27. The molecule has 0 unspecified atom stereocenters. The Bertz CT molecular complexity index is 1120. The molecule has 0 aliphatic heterocycles. The van der Waals surface area contributed by atoms with E-state index in [1.54, 1.807) is 30.7 Å². The van der Waals surface area contributed by atoms with E-state index in [2.05, 4.69) is 15.3 Å². The molecule has 0 bridgehead atoms. The van der Waals surface area contributed by atoms with E-state index in [0.717, 1.165) is 16.6 Å². The molecule has 8 heteroatoms. The van der Waals surface area contributed by atoms with Crippen LogP contribution in [0.1, 0.15) is 39.1 Å². The Labute approximate surface area is 173 Å². The maximum absolute atomic E-state index is 12.9. The Morgan fingerprint density at radius 2 is 2.07 bits per heavy atom. The average Bonchev–Trinajstić information content (AvgIpc) is 2.68. The van der Waals surface area contributed by atoms with Crippen molar-refractivity contribution in [2.24, 2.45) is 0 Å². The van der Waals surface area contributed by atoms with Crippen LogP contribution in [0, 0.1) is 6.92 Å². The number of nitrogens with one attached hydrogen (secondary N) is 1. The molecular formula is C21H23ClN4O3. The van der Waals surface area contributed by atoms with Crippen LogP contribution in [-0.2, 0) is 4.79 Å². The molecule has 29 heavy (non-hydrogen) atoms. The number of carbonyl (C=O) groups is 1. The van der Waals surface area contributed by atoms with E-state index in [9.17, 15) is 9.59 Å². The molecule has 1 N–H and O–H groups in total. The van der Waals surface area contributed by atoms with Gasteiger partial charge < -0.3 is 14.6 Å². The SMILES string of the molecule is CCC(=O)COc1cc2cc(Nc3nc(C)ncc3Cl)ccc2n(C(C)C)c1=O. The van der Waals surface area contributed by atoms with Crippen LogP contribution < -0.4 is 15.6 Å². The van der Waals surface area contributed by atoms with Crippen molar-refractivity contribution in [1.29, 1.82) is 0 Å². The van der Waals surface area contributed by atoms with Gasteiger partial charge in [0.15, 0.2) is 17.4 Å². The second kappa shape index (κ2) is 8.61. The van der Waals surface area contributed by atoms with Crippen molar-refractivity contribution in [3.63, 3.8) is 0 Å². The Hall–Kier alpha value is -2.93. The number of fused-ring (bicyclic) bond motifs is 1. The van der Waals surface area contributed by atoms with Crippen LogP contribution in [0.3, 0.4) is 0 Å². The summed E-state index contributed by atoms with van der Waals surface area (Å²) in [6.07, 6.45) is 1.90. The summed E-state index contributed by atoms with van der Waals surface area (Å²) in [6.45, 7) is 7.28. The molecule has 0 aliphatic carbocycles. The smallest absolute Gasteiger partial charge is 0.293 e. The number of nitrogens with zero attached hydrogens (tertiary/aromatic N) is 3. The van der Waals surface area contributed by atoms with Gasteiger partial charge in [-0.2, -0.15) is 0 Å². The highest BCUT2D eigenvalue weighted by molar-refractivity contribution is 6.32. The fourth-order valence-electron chi connectivity index (χ4n) is 2.95. The molecule has 0 spiro atoms. The van der Waals surface area contributed by atoms with Crippen LogP contribution in [-0.4, -0.2) is 26.9 Å². The third-order valence-corrected chi connectivity index (χ3v) is 4.71. The first-order valence-electron chi connectivity index (χ1n) is 9.40. The highest BCUT2D eigenvalue weighted by Crippen LogP contribution is 2.27. The Morgan fingerprint density at radius 1 is 1.31 bits per heavy atom. The maximum atomic E-state index is 12.9. The van der Waals surface area contributed by atoms with Gasteiger partial charge in [-0.05, 0) is 45.0 Å².